The number of aromatic nitrogens is 2. The van der Waals surface area contributed by atoms with Crippen LogP contribution in [0.25, 0.3) is 0 Å². The van der Waals surface area contributed by atoms with Crippen LogP contribution in [0.3, 0.4) is 0 Å². The Hall–Kier alpha value is -1.26. The lowest BCUT2D eigenvalue weighted by Crippen LogP contribution is -2.18. The lowest BCUT2D eigenvalue weighted by Gasteiger charge is -2.14. The van der Waals surface area contributed by atoms with Crippen molar-refractivity contribution in [2.45, 2.75) is 36.6 Å². The number of benzene rings is 1. The number of imidazole rings is 1. The predicted molar refractivity (Wildman–Crippen MR) is 79.5 cm³/mol. The third kappa shape index (κ3) is 2.55. The average Bonchev–Trinajstić information content (AvgIpc) is 2.96. The molecule has 1 N–H and O–H groups in total. The highest BCUT2D eigenvalue weighted by Gasteiger charge is 2.23. The van der Waals surface area contributed by atoms with Gasteiger partial charge in [0.15, 0.2) is 0 Å². The third-order valence-corrected chi connectivity index (χ3v) is 4.90. The molecular weight excluding hydrogens is 254 g/mol. The molecule has 0 amide bonds. The number of aryl methyl sites for hydroxylation is 1. The van der Waals surface area contributed by atoms with Crippen molar-refractivity contribution in [1.29, 1.82) is 0 Å². The molecule has 3 rings (SSSR count). The van der Waals surface area contributed by atoms with Gasteiger partial charge in [-0.25, -0.2) is 4.98 Å². The zero-order valence-corrected chi connectivity index (χ0v) is 12.2. The molecule has 3 nitrogen and oxygen atoms in total. The van der Waals surface area contributed by atoms with Gasteiger partial charge >= 0.3 is 0 Å². The van der Waals surface area contributed by atoms with Crippen molar-refractivity contribution >= 4 is 11.8 Å². The van der Waals surface area contributed by atoms with E-state index in [0.717, 1.165) is 25.3 Å². The summed E-state index contributed by atoms with van der Waals surface area (Å²) in [5, 5.41) is 3.84. The molecule has 0 saturated heterocycles. The van der Waals surface area contributed by atoms with E-state index >= 15 is 0 Å². The molecule has 0 saturated carbocycles. The SMILES string of the molecule is CNCc1cnc(C)n1CC1Cc2ccccc2S1. The van der Waals surface area contributed by atoms with Gasteiger partial charge in [-0.1, -0.05) is 18.2 Å². The summed E-state index contributed by atoms with van der Waals surface area (Å²) in [6.07, 6.45) is 3.15. The van der Waals surface area contributed by atoms with Crippen LogP contribution >= 0.6 is 11.8 Å². The van der Waals surface area contributed by atoms with Gasteiger partial charge in [0.2, 0.25) is 0 Å². The quantitative estimate of drug-likeness (QED) is 0.928. The Morgan fingerprint density at radius 1 is 1.42 bits per heavy atom. The van der Waals surface area contributed by atoms with Crippen LogP contribution in [0.15, 0.2) is 35.4 Å². The van der Waals surface area contributed by atoms with Crippen molar-refractivity contribution in [1.82, 2.24) is 14.9 Å². The fourth-order valence-corrected chi connectivity index (χ4v) is 3.95. The summed E-state index contributed by atoms with van der Waals surface area (Å²) in [6.45, 7) is 4.01. The van der Waals surface area contributed by atoms with Gasteiger partial charge in [-0.3, -0.25) is 0 Å². The second-order valence-electron chi connectivity index (χ2n) is 4.99. The Morgan fingerprint density at radius 3 is 3.05 bits per heavy atom. The molecule has 1 aliphatic heterocycles. The maximum absolute atomic E-state index is 4.44. The zero-order chi connectivity index (χ0) is 13.2. The van der Waals surface area contributed by atoms with Crippen molar-refractivity contribution in [2.24, 2.45) is 0 Å². The largest absolute Gasteiger partial charge is 0.330 e. The van der Waals surface area contributed by atoms with Crippen molar-refractivity contribution in [3.63, 3.8) is 0 Å². The second-order valence-corrected chi connectivity index (χ2v) is 6.33. The number of thioether (sulfide) groups is 1. The van der Waals surface area contributed by atoms with Crippen molar-refractivity contribution in [3.05, 3.63) is 47.5 Å². The highest BCUT2D eigenvalue weighted by Crippen LogP contribution is 2.37. The molecule has 2 heterocycles. The molecule has 0 radical (unpaired) electrons. The normalized spacial score (nSPS) is 17.7. The number of fused-ring (bicyclic) bond motifs is 1. The van der Waals surface area contributed by atoms with E-state index in [2.05, 4.69) is 46.1 Å². The first-order valence-corrected chi connectivity index (χ1v) is 7.56. The van der Waals surface area contributed by atoms with Gasteiger partial charge in [-0.2, -0.15) is 0 Å². The summed E-state index contributed by atoms with van der Waals surface area (Å²) in [7, 11) is 1.98. The Bertz CT molecular complexity index is 552. The minimum Gasteiger partial charge on any atom is -0.330 e. The monoisotopic (exact) mass is 273 g/mol. The van der Waals surface area contributed by atoms with Crippen LogP contribution in [0.4, 0.5) is 0 Å². The molecule has 4 heteroatoms. The van der Waals surface area contributed by atoms with E-state index in [9.17, 15) is 0 Å². The van der Waals surface area contributed by atoms with E-state index in [0.29, 0.717) is 5.25 Å². The molecule has 0 aliphatic carbocycles. The third-order valence-electron chi connectivity index (χ3n) is 3.60. The number of nitrogens with one attached hydrogen (secondary N) is 1. The fourth-order valence-electron chi connectivity index (χ4n) is 2.65. The maximum Gasteiger partial charge on any atom is 0.105 e. The molecule has 1 aliphatic rings. The van der Waals surface area contributed by atoms with Gasteiger partial charge < -0.3 is 9.88 Å². The molecular formula is C15H19N3S. The summed E-state index contributed by atoms with van der Waals surface area (Å²) < 4.78 is 2.35. The Balaban J connectivity index is 1.75. The summed E-state index contributed by atoms with van der Waals surface area (Å²) in [5.41, 5.74) is 2.77. The van der Waals surface area contributed by atoms with E-state index in [1.807, 2.05) is 25.0 Å². The summed E-state index contributed by atoms with van der Waals surface area (Å²) >= 11 is 2.00. The number of rotatable bonds is 4. The number of hydrogen-bond acceptors (Lipinski definition) is 3. The minimum absolute atomic E-state index is 0.626. The highest BCUT2D eigenvalue weighted by atomic mass is 32.2. The van der Waals surface area contributed by atoms with E-state index < -0.39 is 0 Å². The van der Waals surface area contributed by atoms with Crippen molar-refractivity contribution in [3.8, 4) is 0 Å². The first-order valence-electron chi connectivity index (χ1n) is 6.68. The molecule has 19 heavy (non-hydrogen) atoms. The van der Waals surface area contributed by atoms with Gasteiger partial charge in [0.25, 0.3) is 0 Å². The van der Waals surface area contributed by atoms with Crippen molar-refractivity contribution < 1.29 is 0 Å². The van der Waals surface area contributed by atoms with Crippen LogP contribution in [-0.4, -0.2) is 21.8 Å². The van der Waals surface area contributed by atoms with Gasteiger partial charge in [-0.15, -0.1) is 11.8 Å². The van der Waals surface area contributed by atoms with E-state index in [1.165, 1.54) is 16.2 Å². The van der Waals surface area contributed by atoms with Crippen LogP contribution in [0.5, 0.6) is 0 Å². The Morgan fingerprint density at radius 2 is 2.26 bits per heavy atom. The topological polar surface area (TPSA) is 29.9 Å². The predicted octanol–water partition coefficient (Wildman–Crippen LogP) is 2.63. The lowest BCUT2D eigenvalue weighted by molar-refractivity contribution is 0.604. The van der Waals surface area contributed by atoms with Crippen LogP contribution < -0.4 is 5.32 Å². The summed E-state index contributed by atoms with van der Waals surface area (Å²) in [6, 6.07) is 8.74. The summed E-state index contributed by atoms with van der Waals surface area (Å²) in [5.74, 6) is 1.11. The first kappa shape index (κ1) is 12.8. The molecule has 0 bridgehead atoms. The van der Waals surface area contributed by atoms with Crippen LogP contribution in [0.1, 0.15) is 17.1 Å². The number of nitrogens with zero attached hydrogens (tertiary/aromatic N) is 2. The first-order chi connectivity index (χ1) is 9.28. The molecule has 1 unspecified atom stereocenters. The van der Waals surface area contributed by atoms with Crippen molar-refractivity contribution in [2.75, 3.05) is 7.05 Å². The van der Waals surface area contributed by atoms with E-state index in [1.54, 1.807) is 0 Å². The molecule has 2 aromatic rings. The Kier molecular flexibility index (Phi) is 3.62. The van der Waals surface area contributed by atoms with Gasteiger partial charge in [0, 0.05) is 29.4 Å². The zero-order valence-electron chi connectivity index (χ0n) is 11.4. The van der Waals surface area contributed by atoms with Crippen LogP contribution in [0, 0.1) is 6.92 Å². The molecule has 0 spiro atoms. The molecule has 1 aromatic heterocycles. The number of hydrogen-bond donors (Lipinski definition) is 1. The lowest BCUT2D eigenvalue weighted by atomic mass is 10.1. The molecule has 100 valence electrons. The average molecular weight is 273 g/mol. The van der Waals surface area contributed by atoms with Gasteiger partial charge in [-0.05, 0) is 32.0 Å². The van der Waals surface area contributed by atoms with Crippen LogP contribution in [-0.2, 0) is 19.5 Å². The maximum atomic E-state index is 4.44. The fraction of sp³-hybridized carbons (Fsp3) is 0.400. The standard InChI is InChI=1S/C15H19N3S/c1-11-17-9-13(8-16-2)18(11)10-14-7-12-5-3-4-6-15(12)19-14/h3-6,9,14,16H,7-8,10H2,1-2H3. The minimum atomic E-state index is 0.626. The molecule has 1 aromatic carbocycles. The second kappa shape index (κ2) is 5.39. The molecule has 0 fully saturated rings. The van der Waals surface area contributed by atoms with Gasteiger partial charge in [0.05, 0.1) is 5.69 Å². The van der Waals surface area contributed by atoms with Crippen LogP contribution in [0.2, 0.25) is 0 Å². The Labute approximate surface area is 118 Å². The van der Waals surface area contributed by atoms with E-state index in [4.69, 9.17) is 0 Å². The summed E-state index contributed by atoms with van der Waals surface area (Å²) in [4.78, 5) is 5.88. The highest BCUT2D eigenvalue weighted by molar-refractivity contribution is 8.00. The molecule has 1 atom stereocenters. The van der Waals surface area contributed by atoms with E-state index in [-0.39, 0.29) is 0 Å². The smallest absolute Gasteiger partial charge is 0.105 e. The van der Waals surface area contributed by atoms with Gasteiger partial charge in [0.1, 0.15) is 5.82 Å².